The van der Waals surface area contributed by atoms with E-state index in [0.717, 1.165) is 22.1 Å². The Labute approximate surface area is 123 Å². The third kappa shape index (κ3) is 3.70. The number of hydrogen-bond acceptors (Lipinski definition) is 1. The fraction of sp³-hybridized carbons (Fsp3) is 0.533. The summed E-state index contributed by atoms with van der Waals surface area (Å²) in [5.41, 5.74) is 0.831. The van der Waals surface area contributed by atoms with Crippen LogP contribution in [0.4, 0.5) is 0 Å². The highest BCUT2D eigenvalue weighted by molar-refractivity contribution is 14.1. The van der Waals surface area contributed by atoms with Crippen molar-refractivity contribution in [3.8, 4) is 0 Å². The van der Waals surface area contributed by atoms with Gasteiger partial charge in [-0.1, -0.05) is 19.9 Å². The molecule has 1 aliphatic carbocycles. The van der Waals surface area contributed by atoms with Crippen LogP contribution >= 0.6 is 22.6 Å². The molecular formula is C15H20INO. The summed E-state index contributed by atoms with van der Waals surface area (Å²) in [7, 11) is 0. The van der Waals surface area contributed by atoms with Crippen LogP contribution in [0.1, 0.15) is 43.5 Å². The van der Waals surface area contributed by atoms with Crippen LogP contribution < -0.4 is 0 Å². The lowest BCUT2D eigenvalue weighted by Crippen LogP contribution is -2.34. The molecule has 98 valence electrons. The number of carbonyl (C=O) groups excluding carboxylic acids is 1. The summed E-state index contributed by atoms with van der Waals surface area (Å²) in [6.45, 7) is 5.31. The average Bonchev–Trinajstić information content (AvgIpc) is 3.13. The number of carbonyl (C=O) groups is 1. The molecule has 0 unspecified atom stereocenters. The molecule has 3 heteroatoms. The van der Waals surface area contributed by atoms with Crippen LogP contribution in [0.5, 0.6) is 0 Å². The van der Waals surface area contributed by atoms with Gasteiger partial charge in [0.2, 0.25) is 0 Å². The number of amides is 1. The molecule has 0 bridgehead atoms. The Balaban J connectivity index is 2.08. The second kappa shape index (κ2) is 6.04. The largest absolute Gasteiger partial charge is 0.336 e. The van der Waals surface area contributed by atoms with Crippen molar-refractivity contribution in [1.82, 2.24) is 4.90 Å². The van der Waals surface area contributed by atoms with Gasteiger partial charge in [0.1, 0.15) is 0 Å². The molecule has 0 aliphatic heterocycles. The third-order valence-electron chi connectivity index (χ3n) is 3.27. The second-order valence-electron chi connectivity index (χ2n) is 5.42. The summed E-state index contributed by atoms with van der Waals surface area (Å²) >= 11 is 2.26. The van der Waals surface area contributed by atoms with Crippen LogP contribution in [0.3, 0.4) is 0 Å². The smallest absolute Gasteiger partial charge is 0.254 e. The molecule has 0 spiro atoms. The van der Waals surface area contributed by atoms with Crippen LogP contribution in [0.2, 0.25) is 0 Å². The van der Waals surface area contributed by atoms with Crippen LogP contribution in [-0.2, 0) is 0 Å². The van der Waals surface area contributed by atoms with Crippen molar-refractivity contribution in [3.63, 3.8) is 0 Å². The van der Waals surface area contributed by atoms with Gasteiger partial charge in [0.05, 0.1) is 0 Å². The molecule has 1 aliphatic rings. The lowest BCUT2D eigenvalue weighted by Gasteiger charge is -2.23. The van der Waals surface area contributed by atoms with E-state index in [9.17, 15) is 4.79 Å². The van der Waals surface area contributed by atoms with E-state index in [1.165, 1.54) is 12.8 Å². The minimum absolute atomic E-state index is 0.205. The Morgan fingerprint density at radius 3 is 2.72 bits per heavy atom. The maximum absolute atomic E-state index is 12.5. The summed E-state index contributed by atoms with van der Waals surface area (Å²) < 4.78 is 1.12. The Hall–Kier alpha value is -0.580. The molecule has 18 heavy (non-hydrogen) atoms. The predicted molar refractivity (Wildman–Crippen MR) is 82.7 cm³/mol. The van der Waals surface area contributed by atoms with E-state index in [1.807, 2.05) is 24.3 Å². The van der Waals surface area contributed by atoms with E-state index >= 15 is 0 Å². The molecule has 0 aromatic heterocycles. The van der Waals surface area contributed by atoms with Crippen molar-refractivity contribution in [2.24, 2.45) is 5.92 Å². The maximum Gasteiger partial charge on any atom is 0.254 e. The van der Waals surface area contributed by atoms with Crippen LogP contribution in [0.15, 0.2) is 24.3 Å². The normalized spacial score (nSPS) is 14.9. The van der Waals surface area contributed by atoms with Gasteiger partial charge in [0, 0.05) is 21.7 Å². The monoisotopic (exact) mass is 357 g/mol. The van der Waals surface area contributed by atoms with E-state index in [2.05, 4.69) is 41.3 Å². The number of nitrogens with zero attached hydrogens (tertiary/aromatic N) is 1. The number of benzene rings is 1. The molecule has 2 nitrogen and oxygen atoms in total. The molecule has 0 heterocycles. The van der Waals surface area contributed by atoms with Crippen molar-refractivity contribution in [3.05, 3.63) is 33.4 Å². The lowest BCUT2D eigenvalue weighted by atomic mass is 10.1. The highest BCUT2D eigenvalue weighted by Crippen LogP contribution is 2.29. The molecule has 1 aromatic rings. The first-order chi connectivity index (χ1) is 8.58. The van der Waals surface area contributed by atoms with E-state index in [4.69, 9.17) is 0 Å². The maximum atomic E-state index is 12.5. The van der Waals surface area contributed by atoms with Gasteiger partial charge in [-0.15, -0.1) is 0 Å². The van der Waals surface area contributed by atoms with Crippen molar-refractivity contribution in [2.75, 3.05) is 6.54 Å². The molecule has 0 N–H and O–H groups in total. The first-order valence-corrected chi connectivity index (χ1v) is 7.72. The van der Waals surface area contributed by atoms with Gasteiger partial charge < -0.3 is 4.90 Å². The lowest BCUT2D eigenvalue weighted by molar-refractivity contribution is 0.0735. The van der Waals surface area contributed by atoms with E-state index in [1.54, 1.807) is 0 Å². The van der Waals surface area contributed by atoms with E-state index in [-0.39, 0.29) is 5.91 Å². The van der Waals surface area contributed by atoms with Gasteiger partial charge in [0.25, 0.3) is 5.91 Å². The number of hydrogen-bond donors (Lipinski definition) is 0. The first kappa shape index (κ1) is 13.8. The first-order valence-electron chi connectivity index (χ1n) is 6.64. The summed E-state index contributed by atoms with van der Waals surface area (Å²) in [5, 5.41) is 0. The van der Waals surface area contributed by atoms with Gasteiger partial charge in [-0.3, -0.25) is 4.79 Å². The predicted octanol–water partition coefficient (Wildman–Crippen LogP) is 3.94. The minimum atomic E-state index is 0.205. The summed E-state index contributed by atoms with van der Waals surface area (Å²) in [5.74, 6) is 0.853. The molecule has 1 fully saturated rings. The highest BCUT2D eigenvalue weighted by atomic mass is 127. The zero-order valence-corrected chi connectivity index (χ0v) is 13.2. The number of rotatable bonds is 5. The van der Waals surface area contributed by atoms with Crippen molar-refractivity contribution < 1.29 is 4.79 Å². The van der Waals surface area contributed by atoms with E-state index < -0.39 is 0 Å². The zero-order chi connectivity index (χ0) is 13.1. The Morgan fingerprint density at radius 1 is 1.44 bits per heavy atom. The second-order valence-corrected chi connectivity index (χ2v) is 6.67. The van der Waals surface area contributed by atoms with Gasteiger partial charge in [-0.25, -0.2) is 0 Å². The molecule has 2 rings (SSSR count). The minimum Gasteiger partial charge on any atom is -0.336 e. The Bertz CT molecular complexity index is 426. The van der Waals surface area contributed by atoms with Gasteiger partial charge in [-0.2, -0.15) is 0 Å². The third-order valence-corrected chi connectivity index (χ3v) is 3.94. The zero-order valence-electron chi connectivity index (χ0n) is 11.0. The average molecular weight is 357 g/mol. The fourth-order valence-electron chi connectivity index (χ4n) is 2.02. The van der Waals surface area contributed by atoms with Crippen LogP contribution in [-0.4, -0.2) is 23.4 Å². The molecular weight excluding hydrogens is 337 g/mol. The van der Waals surface area contributed by atoms with Crippen molar-refractivity contribution >= 4 is 28.5 Å². The van der Waals surface area contributed by atoms with Crippen molar-refractivity contribution in [2.45, 2.75) is 39.2 Å². The number of halogens is 1. The van der Waals surface area contributed by atoms with Gasteiger partial charge in [-0.05, 0) is 66.0 Å². The fourth-order valence-corrected chi connectivity index (χ4v) is 2.56. The highest BCUT2D eigenvalue weighted by Gasteiger charge is 2.32. The summed E-state index contributed by atoms with van der Waals surface area (Å²) in [4.78, 5) is 14.6. The molecule has 0 radical (unpaired) electrons. The molecule has 1 saturated carbocycles. The molecule has 0 atom stereocenters. The van der Waals surface area contributed by atoms with Gasteiger partial charge in [0.15, 0.2) is 0 Å². The van der Waals surface area contributed by atoms with Crippen LogP contribution in [0, 0.1) is 9.49 Å². The molecule has 0 saturated heterocycles. The van der Waals surface area contributed by atoms with Crippen LogP contribution in [0.25, 0.3) is 0 Å². The Kier molecular flexibility index (Phi) is 4.65. The summed E-state index contributed by atoms with van der Waals surface area (Å²) in [6.07, 6.45) is 3.44. The molecule has 1 aromatic carbocycles. The molecule has 1 amide bonds. The summed E-state index contributed by atoms with van der Waals surface area (Å²) in [6, 6.07) is 8.38. The Morgan fingerprint density at radius 2 is 2.17 bits per heavy atom. The SMILES string of the molecule is CC(C)CCN(C(=O)c1cccc(I)c1)C1CC1. The standard InChI is InChI=1S/C15H20INO/c1-11(2)8-9-17(14-6-7-14)15(18)12-4-3-5-13(16)10-12/h3-5,10-11,14H,6-9H2,1-2H3. The van der Waals surface area contributed by atoms with E-state index in [0.29, 0.717) is 12.0 Å². The quantitative estimate of drug-likeness (QED) is 0.731. The van der Waals surface area contributed by atoms with Crippen molar-refractivity contribution in [1.29, 1.82) is 0 Å². The van der Waals surface area contributed by atoms with Gasteiger partial charge >= 0.3 is 0 Å². The topological polar surface area (TPSA) is 20.3 Å².